The minimum atomic E-state index is 0. The van der Waals surface area contributed by atoms with Crippen LogP contribution in [0.2, 0.25) is 0 Å². The van der Waals surface area contributed by atoms with Crippen LogP contribution in [0.1, 0.15) is 44.0 Å². The molecule has 0 spiro atoms. The van der Waals surface area contributed by atoms with Crippen molar-refractivity contribution in [1.82, 2.24) is 30.4 Å². The number of rotatable bonds is 8. The Labute approximate surface area is 183 Å². The van der Waals surface area contributed by atoms with E-state index in [0.717, 1.165) is 55.6 Å². The molecule has 1 aliphatic carbocycles. The van der Waals surface area contributed by atoms with Gasteiger partial charge in [-0.1, -0.05) is 13.0 Å². The SMILES string of the molecule is CCc1nncn1CCNC(=NC)NCc1cccnc1OC1CCCC1.I. The predicted molar refractivity (Wildman–Crippen MR) is 120 cm³/mol. The van der Waals surface area contributed by atoms with Crippen LogP contribution in [0.25, 0.3) is 0 Å². The van der Waals surface area contributed by atoms with Crippen LogP contribution in [-0.4, -0.2) is 45.4 Å². The molecule has 9 heteroatoms. The summed E-state index contributed by atoms with van der Waals surface area (Å²) in [5.41, 5.74) is 1.04. The van der Waals surface area contributed by atoms with Gasteiger partial charge in [-0.3, -0.25) is 4.99 Å². The van der Waals surface area contributed by atoms with Gasteiger partial charge in [0, 0.05) is 44.9 Å². The second-order valence-electron chi connectivity index (χ2n) is 6.64. The highest BCUT2D eigenvalue weighted by Crippen LogP contribution is 2.24. The van der Waals surface area contributed by atoms with E-state index in [1.165, 1.54) is 12.8 Å². The normalized spacial score (nSPS) is 14.6. The summed E-state index contributed by atoms with van der Waals surface area (Å²) >= 11 is 0. The number of nitrogens with zero attached hydrogens (tertiary/aromatic N) is 5. The maximum absolute atomic E-state index is 6.10. The number of nitrogens with one attached hydrogen (secondary N) is 2. The fourth-order valence-electron chi connectivity index (χ4n) is 3.26. The Morgan fingerprint density at radius 1 is 1.32 bits per heavy atom. The third-order valence-corrected chi connectivity index (χ3v) is 4.76. The van der Waals surface area contributed by atoms with Crippen molar-refractivity contribution in [2.75, 3.05) is 13.6 Å². The van der Waals surface area contributed by atoms with Gasteiger partial charge in [0.2, 0.25) is 5.88 Å². The van der Waals surface area contributed by atoms with Crippen molar-refractivity contribution in [2.24, 2.45) is 4.99 Å². The van der Waals surface area contributed by atoms with Gasteiger partial charge in [0.15, 0.2) is 5.96 Å². The van der Waals surface area contributed by atoms with Crippen LogP contribution in [0.4, 0.5) is 0 Å². The van der Waals surface area contributed by atoms with E-state index in [1.54, 1.807) is 19.6 Å². The zero-order valence-electron chi connectivity index (χ0n) is 16.6. The summed E-state index contributed by atoms with van der Waals surface area (Å²) in [4.78, 5) is 8.71. The largest absolute Gasteiger partial charge is 0.474 e. The van der Waals surface area contributed by atoms with E-state index in [2.05, 4.69) is 42.3 Å². The molecule has 0 bridgehead atoms. The third kappa shape index (κ3) is 6.32. The van der Waals surface area contributed by atoms with E-state index in [-0.39, 0.29) is 24.0 Å². The molecule has 3 rings (SSSR count). The number of ether oxygens (including phenoxy) is 1. The Kier molecular flexibility index (Phi) is 9.45. The summed E-state index contributed by atoms with van der Waals surface area (Å²) in [6.45, 7) is 4.22. The Morgan fingerprint density at radius 2 is 2.14 bits per heavy atom. The molecular formula is C19H30IN7O. The maximum atomic E-state index is 6.10. The average Bonchev–Trinajstić information content (AvgIpc) is 3.37. The van der Waals surface area contributed by atoms with Gasteiger partial charge in [0.05, 0.1) is 0 Å². The van der Waals surface area contributed by atoms with Gasteiger partial charge in [0.1, 0.15) is 18.3 Å². The van der Waals surface area contributed by atoms with Crippen molar-refractivity contribution in [2.45, 2.75) is 58.2 Å². The maximum Gasteiger partial charge on any atom is 0.218 e. The van der Waals surface area contributed by atoms with Crippen molar-refractivity contribution in [3.05, 3.63) is 36.0 Å². The zero-order valence-corrected chi connectivity index (χ0v) is 18.9. The van der Waals surface area contributed by atoms with E-state index in [1.807, 2.05) is 12.1 Å². The lowest BCUT2D eigenvalue weighted by Gasteiger charge is -2.17. The lowest BCUT2D eigenvalue weighted by Crippen LogP contribution is -2.38. The molecule has 8 nitrogen and oxygen atoms in total. The molecule has 154 valence electrons. The summed E-state index contributed by atoms with van der Waals surface area (Å²) in [7, 11) is 1.77. The van der Waals surface area contributed by atoms with Gasteiger partial charge < -0.3 is 19.9 Å². The number of pyridine rings is 1. The molecule has 0 unspecified atom stereocenters. The smallest absolute Gasteiger partial charge is 0.218 e. The highest BCUT2D eigenvalue weighted by molar-refractivity contribution is 14.0. The lowest BCUT2D eigenvalue weighted by atomic mass is 10.2. The Balaban J connectivity index is 0.00000280. The van der Waals surface area contributed by atoms with Crippen molar-refractivity contribution >= 4 is 29.9 Å². The van der Waals surface area contributed by atoms with Gasteiger partial charge >= 0.3 is 0 Å². The molecule has 1 fully saturated rings. The molecule has 2 heterocycles. The molecule has 28 heavy (non-hydrogen) atoms. The fourth-order valence-corrected chi connectivity index (χ4v) is 3.26. The molecule has 2 aromatic heterocycles. The van der Waals surface area contributed by atoms with Crippen LogP contribution < -0.4 is 15.4 Å². The second kappa shape index (κ2) is 11.8. The highest BCUT2D eigenvalue weighted by Gasteiger charge is 2.18. The third-order valence-electron chi connectivity index (χ3n) is 4.76. The summed E-state index contributed by atoms with van der Waals surface area (Å²) in [6.07, 6.45) is 9.45. The number of halogens is 1. The number of aryl methyl sites for hydroxylation is 1. The van der Waals surface area contributed by atoms with Gasteiger partial charge in [0.25, 0.3) is 0 Å². The van der Waals surface area contributed by atoms with E-state index in [9.17, 15) is 0 Å². The minimum Gasteiger partial charge on any atom is -0.474 e. The van der Waals surface area contributed by atoms with E-state index < -0.39 is 0 Å². The van der Waals surface area contributed by atoms with Gasteiger partial charge in [-0.2, -0.15) is 0 Å². The molecule has 2 N–H and O–H groups in total. The number of guanidine groups is 1. The molecule has 0 aromatic carbocycles. The molecular weight excluding hydrogens is 469 g/mol. The van der Waals surface area contributed by atoms with Crippen molar-refractivity contribution < 1.29 is 4.74 Å². The molecule has 0 atom stereocenters. The highest BCUT2D eigenvalue weighted by atomic mass is 127. The van der Waals surface area contributed by atoms with Crippen LogP contribution in [0.15, 0.2) is 29.6 Å². The predicted octanol–water partition coefficient (Wildman–Crippen LogP) is 2.54. The van der Waals surface area contributed by atoms with Gasteiger partial charge in [-0.15, -0.1) is 34.2 Å². The van der Waals surface area contributed by atoms with Crippen molar-refractivity contribution in [1.29, 1.82) is 0 Å². The summed E-state index contributed by atoms with van der Waals surface area (Å²) in [5, 5.41) is 14.7. The van der Waals surface area contributed by atoms with Gasteiger partial charge in [-0.25, -0.2) is 4.98 Å². The molecule has 0 amide bonds. The molecule has 0 aliphatic heterocycles. The first-order chi connectivity index (χ1) is 13.3. The first-order valence-electron chi connectivity index (χ1n) is 9.72. The average molecular weight is 499 g/mol. The molecule has 1 saturated carbocycles. The summed E-state index contributed by atoms with van der Waals surface area (Å²) in [5.74, 6) is 2.46. The Morgan fingerprint density at radius 3 is 2.89 bits per heavy atom. The monoisotopic (exact) mass is 499 g/mol. The molecule has 0 saturated heterocycles. The quantitative estimate of drug-likeness (QED) is 0.330. The number of aliphatic imine (C=N–C) groups is 1. The second-order valence-corrected chi connectivity index (χ2v) is 6.64. The first-order valence-corrected chi connectivity index (χ1v) is 9.72. The number of aromatic nitrogens is 4. The van der Waals surface area contributed by atoms with Crippen LogP contribution in [-0.2, 0) is 19.5 Å². The standard InChI is InChI=1S/C19H29N7O.HI/c1-3-17-25-24-14-26(17)12-11-22-19(20-2)23-13-15-7-6-10-21-18(15)27-16-8-4-5-9-16;/h6-7,10,14,16H,3-5,8-9,11-13H2,1-2H3,(H2,20,22,23);1H. The molecule has 2 aromatic rings. The van der Waals surface area contributed by atoms with E-state index in [0.29, 0.717) is 12.6 Å². The van der Waals surface area contributed by atoms with Crippen molar-refractivity contribution in [3.63, 3.8) is 0 Å². The number of hydrogen-bond donors (Lipinski definition) is 2. The zero-order chi connectivity index (χ0) is 18.9. The first kappa shape index (κ1) is 22.4. The van der Waals surface area contributed by atoms with Gasteiger partial charge in [-0.05, 0) is 31.7 Å². The van der Waals surface area contributed by atoms with Crippen LogP contribution in [0.3, 0.4) is 0 Å². The van der Waals surface area contributed by atoms with Crippen molar-refractivity contribution in [3.8, 4) is 5.88 Å². The topological polar surface area (TPSA) is 89.2 Å². The molecule has 0 radical (unpaired) electrons. The lowest BCUT2D eigenvalue weighted by molar-refractivity contribution is 0.199. The van der Waals surface area contributed by atoms with E-state index in [4.69, 9.17) is 4.74 Å². The minimum absolute atomic E-state index is 0. The Bertz CT molecular complexity index is 743. The van der Waals surface area contributed by atoms with Crippen LogP contribution in [0, 0.1) is 0 Å². The summed E-state index contributed by atoms with van der Waals surface area (Å²) in [6, 6.07) is 3.98. The number of hydrogen-bond acceptors (Lipinski definition) is 5. The molecule has 1 aliphatic rings. The fraction of sp³-hybridized carbons (Fsp3) is 0.579. The summed E-state index contributed by atoms with van der Waals surface area (Å²) < 4.78 is 8.15. The van der Waals surface area contributed by atoms with E-state index >= 15 is 0 Å². The van der Waals surface area contributed by atoms with Crippen LogP contribution >= 0.6 is 24.0 Å². The Hall–Kier alpha value is -1.91. The van der Waals surface area contributed by atoms with Crippen LogP contribution in [0.5, 0.6) is 5.88 Å².